The average molecular weight is 311 g/mol. The zero-order chi connectivity index (χ0) is 15.6. The number of carbonyl (C=O) groups is 3. The quantitative estimate of drug-likeness (QED) is 0.779. The van der Waals surface area contributed by atoms with E-state index in [0.717, 1.165) is 11.3 Å². The summed E-state index contributed by atoms with van der Waals surface area (Å²) >= 11 is 1.000. The molecule has 0 aliphatic rings. The molecule has 1 aromatic heterocycles. The summed E-state index contributed by atoms with van der Waals surface area (Å²) in [4.78, 5) is 33.5. The Kier molecular flexibility index (Phi) is 4.18. The minimum Gasteiger partial charge on any atom is -0.481 e. The van der Waals surface area contributed by atoms with Crippen molar-refractivity contribution >= 4 is 39.3 Å². The third-order valence-corrected chi connectivity index (χ3v) is 3.81. The summed E-state index contributed by atoms with van der Waals surface area (Å²) in [6.07, 6.45) is -0.736. The van der Waals surface area contributed by atoms with Gasteiger partial charge in [-0.15, -0.1) is 11.3 Å². The lowest BCUT2D eigenvalue weighted by molar-refractivity contribution is -0.145. The van der Waals surface area contributed by atoms with Gasteiger partial charge in [-0.25, -0.2) is 9.18 Å². The van der Waals surface area contributed by atoms with Crippen molar-refractivity contribution in [2.45, 2.75) is 12.5 Å². The van der Waals surface area contributed by atoms with Gasteiger partial charge in [-0.05, 0) is 18.2 Å². The number of nitrogens with one attached hydrogen (secondary N) is 1. The molecule has 0 unspecified atom stereocenters. The van der Waals surface area contributed by atoms with Crippen molar-refractivity contribution < 1.29 is 29.0 Å². The Balaban J connectivity index is 2.23. The number of halogens is 1. The van der Waals surface area contributed by atoms with Gasteiger partial charge < -0.3 is 15.5 Å². The highest BCUT2D eigenvalue weighted by Crippen LogP contribution is 2.27. The molecule has 1 aromatic carbocycles. The maximum atomic E-state index is 13.5. The molecule has 0 fully saturated rings. The van der Waals surface area contributed by atoms with Crippen molar-refractivity contribution in [3.8, 4) is 0 Å². The van der Waals surface area contributed by atoms with Gasteiger partial charge in [0.1, 0.15) is 11.9 Å². The molecule has 110 valence electrons. The zero-order valence-electron chi connectivity index (χ0n) is 10.5. The van der Waals surface area contributed by atoms with Crippen LogP contribution >= 0.6 is 11.3 Å². The van der Waals surface area contributed by atoms with Crippen LogP contribution in [-0.4, -0.2) is 34.1 Å². The lowest BCUT2D eigenvalue weighted by Crippen LogP contribution is -2.41. The Morgan fingerprint density at radius 3 is 2.57 bits per heavy atom. The minimum atomic E-state index is -1.54. The number of carbonyl (C=O) groups excluding carboxylic acids is 1. The number of hydrogen-bond donors (Lipinski definition) is 3. The second kappa shape index (κ2) is 5.88. The molecule has 1 heterocycles. The van der Waals surface area contributed by atoms with Crippen LogP contribution in [-0.2, 0) is 9.59 Å². The van der Waals surface area contributed by atoms with Crippen molar-refractivity contribution in [3.05, 3.63) is 35.0 Å². The second-order valence-corrected chi connectivity index (χ2v) is 5.31. The predicted octanol–water partition coefficient (Wildman–Crippen LogP) is 1.70. The van der Waals surface area contributed by atoms with E-state index in [-0.39, 0.29) is 10.3 Å². The molecular weight excluding hydrogens is 301 g/mol. The van der Waals surface area contributed by atoms with Crippen LogP contribution in [0.3, 0.4) is 0 Å². The number of rotatable bonds is 5. The first-order valence-electron chi connectivity index (χ1n) is 5.82. The van der Waals surface area contributed by atoms with Gasteiger partial charge in [0.15, 0.2) is 0 Å². The maximum absolute atomic E-state index is 13.5. The fraction of sp³-hybridized carbons (Fsp3) is 0.154. The first-order valence-corrected chi connectivity index (χ1v) is 6.63. The third-order valence-electron chi connectivity index (χ3n) is 2.71. The first-order chi connectivity index (χ1) is 9.88. The highest BCUT2D eigenvalue weighted by atomic mass is 32.1. The standard InChI is InChI=1S/C13H10FNO5S/c14-7-2-1-3-9-6(7)4-10(21-9)12(18)15-8(13(19)20)5-11(16)17/h1-4,8H,5H2,(H,15,18)(H,16,17)(H,19,20)/t8-/m0/s1. The summed E-state index contributed by atoms with van der Waals surface area (Å²) in [5.74, 6) is -4.02. The van der Waals surface area contributed by atoms with Gasteiger partial charge in [-0.2, -0.15) is 0 Å². The summed E-state index contributed by atoms with van der Waals surface area (Å²) in [5, 5.41) is 19.8. The fourth-order valence-corrected chi connectivity index (χ4v) is 2.72. The van der Waals surface area contributed by atoms with Gasteiger partial charge in [0, 0.05) is 10.1 Å². The molecule has 3 N–H and O–H groups in total. The molecule has 0 saturated carbocycles. The number of thiophene rings is 1. The topological polar surface area (TPSA) is 104 Å². The van der Waals surface area contributed by atoms with Crippen LogP contribution in [0.25, 0.3) is 10.1 Å². The van der Waals surface area contributed by atoms with E-state index >= 15 is 0 Å². The summed E-state index contributed by atoms with van der Waals surface area (Å²) in [6, 6.07) is 4.16. The highest BCUT2D eigenvalue weighted by molar-refractivity contribution is 7.20. The van der Waals surface area contributed by atoms with Crippen LogP contribution in [0.5, 0.6) is 0 Å². The van der Waals surface area contributed by atoms with Crippen molar-refractivity contribution in [1.29, 1.82) is 0 Å². The van der Waals surface area contributed by atoms with E-state index in [9.17, 15) is 18.8 Å². The molecule has 0 bridgehead atoms. The van der Waals surface area contributed by atoms with Crippen molar-refractivity contribution in [2.75, 3.05) is 0 Å². The Hall–Kier alpha value is -2.48. The van der Waals surface area contributed by atoms with E-state index in [1.165, 1.54) is 18.2 Å². The van der Waals surface area contributed by atoms with Gasteiger partial charge in [0.05, 0.1) is 11.3 Å². The summed E-state index contributed by atoms with van der Waals surface area (Å²) < 4.78 is 14.1. The number of carboxylic acids is 2. The fourth-order valence-electron chi connectivity index (χ4n) is 1.74. The Morgan fingerprint density at radius 2 is 2.00 bits per heavy atom. The summed E-state index contributed by atoms with van der Waals surface area (Å²) in [6.45, 7) is 0. The Bertz CT molecular complexity index is 726. The first kappa shape index (κ1) is 14.9. The van der Waals surface area contributed by atoms with E-state index in [1.54, 1.807) is 6.07 Å². The SMILES string of the molecule is O=C(O)C[C@H](NC(=O)c1cc2c(F)cccc2s1)C(=O)O. The van der Waals surface area contributed by atoms with E-state index in [0.29, 0.717) is 4.70 Å². The van der Waals surface area contributed by atoms with Gasteiger partial charge in [-0.1, -0.05) is 6.07 Å². The van der Waals surface area contributed by atoms with Crippen LogP contribution in [0, 0.1) is 5.82 Å². The van der Waals surface area contributed by atoms with Gasteiger partial charge in [0.2, 0.25) is 0 Å². The lowest BCUT2D eigenvalue weighted by Gasteiger charge is -2.11. The van der Waals surface area contributed by atoms with Crippen LogP contribution in [0.1, 0.15) is 16.1 Å². The molecule has 21 heavy (non-hydrogen) atoms. The van der Waals surface area contributed by atoms with Crippen LogP contribution in [0.2, 0.25) is 0 Å². The molecule has 0 radical (unpaired) electrons. The number of amides is 1. The number of hydrogen-bond acceptors (Lipinski definition) is 4. The summed E-state index contributed by atoms with van der Waals surface area (Å²) in [5.41, 5.74) is 0. The van der Waals surface area contributed by atoms with E-state index in [4.69, 9.17) is 10.2 Å². The van der Waals surface area contributed by atoms with Crippen LogP contribution < -0.4 is 5.32 Å². The molecular formula is C13H10FNO5S. The van der Waals surface area contributed by atoms with E-state index in [1.807, 2.05) is 0 Å². The van der Waals surface area contributed by atoms with E-state index in [2.05, 4.69) is 5.32 Å². The van der Waals surface area contributed by atoms with Gasteiger partial charge in [-0.3, -0.25) is 9.59 Å². The van der Waals surface area contributed by atoms with Gasteiger partial charge in [0.25, 0.3) is 5.91 Å². The van der Waals surface area contributed by atoms with Gasteiger partial charge >= 0.3 is 11.9 Å². The highest BCUT2D eigenvalue weighted by Gasteiger charge is 2.24. The molecule has 2 rings (SSSR count). The number of fused-ring (bicyclic) bond motifs is 1. The molecule has 1 atom stereocenters. The lowest BCUT2D eigenvalue weighted by atomic mass is 10.2. The molecule has 2 aromatic rings. The van der Waals surface area contributed by atoms with Crippen LogP contribution in [0.15, 0.2) is 24.3 Å². The Labute approximate surface area is 121 Å². The average Bonchev–Trinajstić information content (AvgIpc) is 2.82. The molecule has 0 aliphatic carbocycles. The molecule has 1 amide bonds. The van der Waals surface area contributed by atoms with E-state index < -0.39 is 36.1 Å². The Morgan fingerprint density at radius 1 is 1.29 bits per heavy atom. The van der Waals surface area contributed by atoms with Crippen molar-refractivity contribution in [2.24, 2.45) is 0 Å². The number of carboxylic acid groups (broad SMARTS) is 2. The molecule has 8 heteroatoms. The largest absolute Gasteiger partial charge is 0.481 e. The van der Waals surface area contributed by atoms with Crippen LogP contribution in [0.4, 0.5) is 4.39 Å². The molecule has 0 saturated heterocycles. The van der Waals surface area contributed by atoms with Crippen molar-refractivity contribution in [1.82, 2.24) is 5.32 Å². The third kappa shape index (κ3) is 3.34. The molecule has 6 nitrogen and oxygen atoms in total. The molecule has 0 aliphatic heterocycles. The number of aliphatic carboxylic acids is 2. The predicted molar refractivity (Wildman–Crippen MR) is 72.9 cm³/mol. The zero-order valence-corrected chi connectivity index (χ0v) is 11.3. The molecule has 0 spiro atoms. The normalized spacial score (nSPS) is 12.0. The maximum Gasteiger partial charge on any atom is 0.326 e. The monoisotopic (exact) mass is 311 g/mol. The van der Waals surface area contributed by atoms with Crippen molar-refractivity contribution in [3.63, 3.8) is 0 Å². The number of benzene rings is 1. The minimum absolute atomic E-state index is 0.117. The smallest absolute Gasteiger partial charge is 0.326 e. The second-order valence-electron chi connectivity index (χ2n) is 4.22. The summed E-state index contributed by atoms with van der Waals surface area (Å²) in [7, 11) is 0.